The van der Waals surface area contributed by atoms with Crippen molar-refractivity contribution in [2.75, 3.05) is 38.2 Å². The zero-order valence-electron chi connectivity index (χ0n) is 17.2. The Morgan fingerprint density at radius 3 is 2.36 bits per heavy atom. The second-order valence-corrected chi connectivity index (χ2v) is 9.33. The molecule has 0 N–H and O–H groups in total. The average molecular weight is 403 g/mol. The van der Waals surface area contributed by atoms with Crippen molar-refractivity contribution in [3.8, 4) is 5.75 Å². The van der Waals surface area contributed by atoms with Crippen LogP contribution in [0.3, 0.4) is 0 Å². The maximum absolute atomic E-state index is 13.2. The molecule has 28 heavy (non-hydrogen) atoms. The SMILES string of the molecule is CC[C@H](C)c1cc(S(=O)(=O)N2CCN(c3ccccc3C)CC2)ccc1OC. The van der Waals surface area contributed by atoms with E-state index in [1.165, 1.54) is 11.3 Å². The van der Waals surface area contributed by atoms with E-state index in [-0.39, 0.29) is 5.92 Å². The zero-order chi connectivity index (χ0) is 20.3. The minimum atomic E-state index is -3.52. The number of anilines is 1. The van der Waals surface area contributed by atoms with Crippen LogP contribution in [0.25, 0.3) is 0 Å². The molecular formula is C22H30N2O3S. The summed E-state index contributed by atoms with van der Waals surface area (Å²) in [5.74, 6) is 0.987. The summed E-state index contributed by atoms with van der Waals surface area (Å²) < 4.78 is 33.5. The first-order chi connectivity index (χ1) is 13.4. The van der Waals surface area contributed by atoms with Crippen molar-refractivity contribution < 1.29 is 13.2 Å². The number of hydrogen-bond acceptors (Lipinski definition) is 4. The number of benzene rings is 2. The molecule has 0 aliphatic carbocycles. The van der Waals surface area contributed by atoms with E-state index in [0.717, 1.165) is 17.7 Å². The van der Waals surface area contributed by atoms with E-state index in [1.54, 1.807) is 29.6 Å². The number of ether oxygens (including phenoxy) is 1. The van der Waals surface area contributed by atoms with Crippen molar-refractivity contribution in [2.45, 2.75) is 38.0 Å². The fourth-order valence-corrected chi connectivity index (χ4v) is 5.17. The van der Waals surface area contributed by atoms with Crippen LogP contribution in [0, 0.1) is 6.92 Å². The van der Waals surface area contributed by atoms with Gasteiger partial charge < -0.3 is 9.64 Å². The molecule has 0 radical (unpaired) electrons. The molecule has 1 aliphatic rings. The summed E-state index contributed by atoms with van der Waals surface area (Å²) in [5.41, 5.74) is 3.35. The second-order valence-electron chi connectivity index (χ2n) is 7.39. The number of para-hydroxylation sites is 1. The van der Waals surface area contributed by atoms with Gasteiger partial charge in [0.15, 0.2) is 0 Å². The van der Waals surface area contributed by atoms with Gasteiger partial charge >= 0.3 is 0 Å². The summed E-state index contributed by atoms with van der Waals surface area (Å²) in [5, 5.41) is 0. The third kappa shape index (κ3) is 4.03. The molecule has 0 amide bonds. The third-order valence-electron chi connectivity index (χ3n) is 5.68. The Bertz CT molecular complexity index is 919. The van der Waals surface area contributed by atoms with Gasteiger partial charge in [-0.1, -0.05) is 32.0 Å². The topological polar surface area (TPSA) is 49.9 Å². The van der Waals surface area contributed by atoms with Crippen LogP contribution >= 0.6 is 0 Å². The van der Waals surface area contributed by atoms with Gasteiger partial charge in [0, 0.05) is 31.9 Å². The molecule has 0 spiro atoms. The second kappa shape index (κ2) is 8.53. The Balaban J connectivity index is 1.80. The minimum absolute atomic E-state index is 0.239. The fraction of sp³-hybridized carbons (Fsp3) is 0.455. The molecule has 0 bridgehead atoms. The quantitative estimate of drug-likeness (QED) is 0.732. The van der Waals surface area contributed by atoms with Crippen molar-refractivity contribution in [2.24, 2.45) is 0 Å². The van der Waals surface area contributed by atoms with Gasteiger partial charge in [0.25, 0.3) is 0 Å². The minimum Gasteiger partial charge on any atom is -0.496 e. The summed E-state index contributed by atoms with van der Waals surface area (Å²) in [7, 11) is -1.89. The lowest BCUT2D eigenvalue weighted by atomic mass is 9.98. The summed E-state index contributed by atoms with van der Waals surface area (Å²) in [6.45, 7) is 8.64. The van der Waals surface area contributed by atoms with Crippen LogP contribution in [0.1, 0.15) is 37.3 Å². The highest BCUT2D eigenvalue weighted by Crippen LogP contribution is 2.32. The van der Waals surface area contributed by atoms with E-state index >= 15 is 0 Å². The molecule has 1 heterocycles. The monoisotopic (exact) mass is 402 g/mol. The summed E-state index contributed by atoms with van der Waals surface area (Å²) in [6, 6.07) is 13.5. The molecule has 0 aromatic heterocycles. The fourth-order valence-electron chi connectivity index (χ4n) is 3.71. The van der Waals surface area contributed by atoms with Gasteiger partial charge in [-0.2, -0.15) is 4.31 Å². The number of aryl methyl sites for hydroxylation is 1. The first kappa shape index (κ1) is 20.7. The summed E-state index contributed by atoms with van der Waals surface area (Å²) >= 11 is 0. The van der Waals surface area contributed by atoms with Gasteiger partial charge in [-0.3, -0.25) is 0 Å². The number of piperazine rings is 1. The molecule has 1 aliphatic heterocycles. The van der Waals surface area contributed by atoms with Crippen LogP contribution in [0.5, 0.6) is 5.75 Å². The number of methoxy groups -OCH3 is 1. The third-order valence-corrected chi connectivity index (χ3v) is 7.57. The van der Waals surface area contributed by atoms with Crippen molar-refractivity contribution >= 4 is 15.7 Å². The van der Waals surface area contributed by atoms with Gasteiger partial charge in [0.05, 0.1) is 12.0 Å². The Hall–Kier alpha value is -2.05. The lowest BCUT2D eigenvalue weighted by Gasteiger charge is -2.36. The molecule has 152 valence electrons. The Kier molecular flexibility index (Phi) is 6.30. The number of nitrogens with zero attached hydrogens (tertiary/aromatic N) is 2. The molecule has 5 nitrogen and oxygen atoms in total. The highest BCUT2D eigenvalue weighted by molar-refractivity contribution is 7.89. The van der Waals surface area contributed by atoms with E-state index in [2.05, 4.69) is 37.8 Å². The molecule has 0 saturated carbocycles. The molecule has 2 aromatic carbocycles. The predicted octanol–water partition coefficient (Wildman–Crippen LogP) is 4.03. The molecule has 1 fully saturated rings. The Morgan fingerprint density at radius 2 is 1.75 bits per heavy atom. The highest BCUT2D eigenvalue weighted by Gasteiger charge is 2.29. The normalized spacial score (nSPS) is 16.8. The van der Waals surface area contributed by atoms with Gasteiger partial charge in [0.2, 0.25) is 10.0 Å². The largest absolute Gasteiger partial charge is 0.496 e. The van der Waals surface area contributed by atoms with E-state index in [0.29, 0.717) is 31.1 Å². The molecule has 1 saturated heterocycles. The standard InChI is InChI=1S/C22H30N2O3S/c1-5-17(2)20-16-19(10-11-22(20)27-4)28(25,26)24-14-12-23(13-15-24)21-9-7-6-8-18(21)3/h6-11,16-17H,5,12-15H2,1-4H3/t17-/m0/s1. The Morgan fingerprint density at radius 1 is 1.07 bits per heavy atom. The van der Waals surface area contributed by atoms with Crippen molar-refractivity contribution in [3.63, 3.8) is 0 Å². The van der Waals surface area contributed by atoms with Crippen molar-refractivity contribution in [1.29, 1.82) is 0 Å². The lowest BCUT2D eigenvalue weighted by molar-refractivity contribution is 0.384. The number of hydrogen-bond donors (Lipinski definition) is 0. The van der Waals surface area contributed by atoms with E-state index in [1.807, 2.05) is 12.1 Å². The van der Waals surface area contributed by atoms with Gasteiger partial charge in [0.1, 0.15) is 5.75 Å². The van der Waals surface area contributed by atoms with E-state index in [9.17, 15) is 8.42 Å². The lowest BCUT2D eigenvalue weighted by Crippen LogP contribution is -2.48. The van der Waals surface area contributed by atoms with Crippen LogP contribution in [0.15, 0.2) is 47.4 Å². The predicted molar refractivity (Wildman–Crippen MR) is 114 cm³/mol. The first-order valence-electron chi connectivity index (χ1n) is 9.87. The molecule has 1 atom stereocenters. The average Bonchev–Trinajstić information content (AvgIpc) is 2.73. The van der Waals surface area contributed by atoms with Crippen LogP contribution < -0.4 is 9.64 Å². The summed E-state index contributed by atoms with van der Waals surface area (Å²) in [6.07, 6.45) is 0.926. The van der Waals surface area contributed by atoms with Crippen molar-refractivity contribution in [3.05, 3.63) is 53.6 Å². The summed E-state index contributed by atoms with van der Waals surface area (Å²) in [4.78, 5) is 2.62. The van der Waals surface area contributed by atoms with Crippen LogP contribution in [0.4, 0.5) is 5.69 Å². The molecule has 2 aromatic rings. The Labute approximate surface area is 169 Å². The molecular weight excluding hydrogens is 372 g/mol. The van der Waals surface area contributed by atoms with Crippen LogP contribution in [-0.2, 0) is 10.0 Å². The van der Waals surface area contributed by atoms with Gasteiger partial charge in [-0.05, 0) is 54.7 Å². The van der Waals surface area contributed by atoms with Crippen LogP contribution in [-0.4, -0.2) is 46.0 Å². The zero-order valence-corrected chi connectivity index (χ0v) is 18.0. The maximum atomic E-state index is 13.2. The molecule has 0 unspecified atom stereocenters. The van der Waals surface area contributed by atoms with E-state index < -0.39 is 10.0 Å². The van der Waals surface area contributed by atoms with Crippen LogP contribution in [0.2, 0.25) is 0 Å². The molecule has 3 rings (SSSR count). The maximum Gasteiger partial charge on any atom is 0.243 e. The molecule has 6 heteroatoms. The van der Waals surface area contributed by atoms with E-state index in [4.69, 9.17) is 4.74 Å². The number of sulfonamides is 1. The van der Waals surface area contributed by atoms with Crippen molar-refractivity contribution in [1.82, 2.24) is 4.31 Å². The first-order valence-corrected chi connectivity index (χ1v) is 11.3. The highest BCUT2D eigenvalue weighted by atomic mass is 32.2. The number of rotatable bonds is 6. The smallest absolute Gasteiger partial charge is 0.243 e. The van der Waals surface area contributed by atoms with Gasteiger partial charge in [-0.15, -0.1) is 0 Å². The van der Waals surface area contributed by atoms with Gasteiger partial charge in [-0.25, -0.2) is 8.42 Å².